The van der Waals surface area contributed by atoms with Gasteiger partial charge in [-0.25, -0.2) is 0 Å². The summed E-state index contributed by atoms with van der Waals surface area (Å²) >= 11 is 12.0. The van der Waals surface area contributed by atoms with Crippen LogP contribution < -0.4 is 14.8 Å². The lowest BCUT2D eigenvalue weighted by Gasteiger charge is -2.16. The molecule has 2 aromatic rings. The molecule has 1 saturated carbocycles. The molecule has 1 N–H and O–H groups in total. The Morgan fingerprint density at radius 1 is 1.13 bits per heavy atom. The van der Waals surface area contributed by atoms with Crippen LogP contribution in [0.3, 0.4) is 0 Å². The fourth-order valence-corrected chi connectivity index (χ4v) is 2.67. The Kier molecular flexibility index (Phi) is 5.31. The van der Waals surface area contributed by atoms with Gasteiger partial charge in [-0.1, -0.05) is 41.4 Å². The Labute approximate surface area is 146 Å². The van der Waals surface area contributed by atoms with Crippen LogP contribution in [-0.4, -0.2) is 13.2 Å². The number of hydrogen-bond donors (Lipinski definition) is 1. The van der Waals surface area contributed by atoms with Gasteiger partial charge in [0.1, 0.15) is 6.61 Å². The highest BCUT2D eigenvalue weighted by Gasteiger charge is 2.21. The van der Waals surface area contributed by atoms with Crippen LogP contribution in [0, 0.1) is 0 Å². The molecule has 0 spiro atoms. The van der Waals surface area contributed by atoms with Crippen LogP contribution >= 0.6 is 23.2 Å². The third-order valence-corrected chi connectivity index (χ3v) is 4.55. The minimum absolute atomic E-state index is 0.410. The summed E-state index contributed by atoms with van der Waals surface area (Å²) in [5, 5.41) is 4.58. The van der Waals surface area contributed by atoms with Gasteiger partial charge in [0.2, 0.25) is 0 Å². The number of benzene rings is 2. The number of hydrogen-bond acceptors (Lipinski definition) is 3. The molecule has 1 aliphatic carbocycles. The molecular formula is C18H19Cl2NO2. The maximum absolute atomic E-state index is 6.05. The van der Waals surface area contributed by atoms with Crippen LogP contribution in [0.2, 0.25) is 10.0 Å². The van der Waals surface area contributed by atoms with Crippen molar-refractivity contribution in [1.82, 2.24) is 5.32 Å². The van der Waals surface area contributed by atoms with E-state index in [-0.39, 0.29) is 0 Å². The molecule has 23 heavy (non-hydrogen) atoms. The molecule has 0 saturated heterocycles. The molecule has 3 nitrogen and oxygen atoms in total. The largest absolute Gasteiger partial charge is 0.493 e. The van der Waals surface area contributed by atoms with Crippen LogP contribution in [-0.2, 0) is 13.2 Å². The second kappa shape index (κ2) is 7.43. The van der Waals surface area contributed by atoms with Gasteiger partial charge in [0.25, 0.3) is 0 Å². The molecule has 0 radical (unpaired) electrons. The van der Waals surface area contributed by atoms with Gasteiger partial charge < -0.3 is 14.8 Å². The number of methoxy groups -OCH3 is 1. The monoisotopic (exact) mass is 351 g/mol. The molecule has 0 unspecified atom stereocenters. The molecule has 5 heteroatoms. The number of halogens is 2. The highest BCUT2D eigenvalue weighted by atomic mass is 35.5. The molecule has 122 valence electrons. The van der Waals surface area contributed by atoms with Crippen LogP contribution in [0.15, 0.2) is 36.4 Å². The van der Waals surface area contributed by atoms with E-state index in [2.05, 4.69) is 11.4 Å². The van der Waals surface area contributed by atoms with Crippen LogP contribution in [0.1, 0.15) is 24.0 Å². The third kappa shape index (κ3) is 4.31. The van der Waals surface area contributed by atoms with Crippen molar-refractivity contribution in [2.75, 3.05) is 7.11 Å². The molecule has 0 atom stereocenters. The zero-order valence-corrected chi connectivity index (χ0v) is 14.5. The highest BCUT2D eigenvalue weighted by Crippen LogP contribution is 2.33. The van der Waals surface area contributed by atoms with Crippen molar-refractivity contribution in [3.8, 4) is 11.5 Å². The van der Waals surface area contributed by atoms with E-state index in [1.807, 2.05) is 24.3 Å². The summed E-state index contributed by atoms with van der Waals surface area (Å²) in [4.78, 5) is 0. The lowest BCUT2D eigenvalue weighted by Crippen LogP contribution is -2.16. The first-order chi connectivity index (χ1) is 11.2. The minimum Gasteiger partial charge on any atom is -0.493 e. The van der Waals surface area contributed by atoms with E-state index in [0.29, 0.717) is 22.7 Å². The molecule has 0 aromatic heterocycles. The summed E-state index contributed by atoms with van der Waals surface area (Å²) in [5.74, 6) is 1.51. The van der Waals surface area contributed by atoms with E-state index >= 15 is 0 Å². The number of nitrogens with one attached hydrogen (secondary N) is 1. The average Bonchev–Trinajstić information content (AvgIpc) is 3.38. The second-order valence-corrected chi connectivity index (χ2v) is 6.46. The van der Waals surface area contributed by atoms with Crippen LogP contribution in [0.25, 0.3) is 0 Å². The maximum atomic E-state index is 6.05. The van der Waals surface area contributed by atoms with E-state index in [9.17, 15) is 0 Å². The first-order valence-electron chi connectivity index (χ1n) is 7.63. The molecular weight excluding hydrogens is 333 g/mol. The van der Waals surface area contributed by atoms with Crippen molar-refractivity contribution < 1.29 is 9.47 Å². The molecule has 1 fully saturated rings. The van der Waals surface area contributed by atoms with Crippen LogP contribution in [0.4, 0.5) is 0 Å². The summed E-state index contributed by atoms with van der Waals surface area (Å²) in [6, 6.07) is 12.1. The molecule has 0 amide bonds. The zero-order chi connectivity index (χ0) is 16.2. The van der Waals surface area contributed by atoms with Crippen molar-refractivity contribution in [3.63, 3.8) is 0 Å². The number of ether oxygens (including phenoxy) is 2. The highest BCUT2D eigenvalue weighted by molar-refractivity contribution is 6.42. The Bertz CT molecular complexity index is 687. The summed E-state index contributed by atoms with van der Waals surface area (Å²) in [6.07, 6.45) is 2.51. The number of rotatable bonds is 7. The summed E-state index contributed by atoms with van der Waals surface area (Å²) in [7, 11) is 1.65. The van der Waals surface area contributed by atoms with Gasteiger partial charge in [0, 0.05) is 18.2 Å². The smallest absolute Gasteiger partial charge is 0.166 e. The Hall–Kier alpha value is -1.42. The first-order valence-corrected chi connectivity index (χ1v) is 8.39. The predicted octanol–water partition coefficient (Wildman–Crippen LogP) is 4.83. The van der Waals surface area contributed by atoms with E-state index in [1.165, 1.54) is 12.8 Å². The lowest BCUT2D eigenvalue weighted by molar-refractivity contribution is 0.280. The first kappa shape index (κ1) is 16.4. The lowest BCUT2D eigenvalue weighted by atomic mass is 10.1. The zero-order valence-electron chi connectivity index (χ0n) is 12.9. The van der Waals surface area contributed by atoms with E-state index < -0.39 is 0 Å². The Morgan fingerprint density at radius 3 is 2.65 bits per heavy atom. The number of para-hydroxylation sites is 1. The van der Waals surface area contributed by atoms with E-state index in [0.717, 1.165) is 29.2 Å². The predicted molar refractivity (Wildman–Crippen MR) is 93.6 cm³/mol. The van der Waals surface area contributed by atoms with Crippen molar-refractivity contribution in [2.45, 2.75) is 32.0 Å². The molecule has 0 bridgehead atoms. The van der Waals surface area contributed by atoms with Crippen molar-refractivity contribution in [2.24, 2.45) is 0 Å². The summed E-state index contributed by atoms with van der Waals surface area (Å²) in [5.41, 5.74) is 2.06. The standard InChI is InChI=1S/C18H19Cl2NO2/c1-22-17-4-2-3-13(10-21-14-6-7-14)18(17)23-11-12-5-8-15(19)16(20)9-12/h2-5,8-9,14,21H,6-7,10-11H2,1H3. The Balaban J connectivity index is 1.74. The normalized spacial score (nSPS) is 13.9. The Morgan fingerprint density at radius 2 is 1.96 bits per heavy atom. The van der Waals surface area contributed by atoms with Gasteiger partial charge in [-0.05, 0) is 36.6 Å². The maximum Gasteiger partial charge on any atom is 0.166 e. The van der Waals surface area contributed by atoms with Crippen molar-refractivity contribution in [1.29, 1.82) is 0 Å². The van der Waals surface area contributed by atoms with Gasteiger partial charge in [0.05, 0.1) is 17.2 Å². The van der Waals surface area contributed by atoms with Gasteiger partial charge in [-0.3, -0.25) is 0 Å². The van der Waals surface area contributed by atoms with Crippen molar-refractivity contribution >= 4 is 23.2 Å². The van der Waals surface area contributed by atoms with E-state index in [4.69, 9.17) is 32.7 Å². The molecule has 3 rings (SSSR count). The van der Waals surface area contributed by atoms with Gasteiger partial charge in [0.15, 0.2) is 11.5 Å². The van der Waals surface area contributed by atoms with E-state index in [1.54, 1.807) is 13.2 Å². The average molecular weight is 352 g/mol. The SMILES string of the molecule is COc1cccc(CNC2CC2)c1OCc1ccc(Cl)c(Cl)c1. The second-order valence-electron chi connectivity index (χ2n) is 5.64. The molecule has 1 aliphatic rings. The van der Waals surface area contributed by atoms with Crippen molar-refractivity contribution in [3.05, 3.63) is 57.6 Å². The molecule has 0 heterocycles. The van der Waals surface area contributed by atoms with Gasteiger partial charge in [-0.2, -0.15) is 0 Å². The summed E-state index contributed by atoms with van der Waals surface area (Å²) < 4.78 is 11.5. The molecule has 2 aromatic carbocycles. The summed E-state index contributed by atoms with van der Waals surface area (Å²) in [6.45, 7) is 1.19. The van der Waals surface area contributed by atoms with Gasteiger partial charge in [-0.15, -0.1) is 0 Å². The van der Waals surface area contributed by atoms with Crippen LogP contribution in [0.5, 0.6) is 11.5 Å². The minimum atomic E-state index is 0.410. The fourth-order valence-electron chi connectivity index (χ4n) is 2.35. The molecule has 0 aliphatic heterocycles. The quantitative estimate of drug-likeness (QED) is 0.774. The topological polar surface area (TPSA) is 30.5 Å². The van der Waals surface area contributed by atoms with Gasteiger partial charge >= 0.3 is 0 Å². The fraction of sp³-hybridized carbons (Fsp3) is 0.333. The third-order valence-electron chi connectivity index (χ3n) is 3.81.